The monoisotopic (exact) mass is 253 g/mol. The van der Waals surface area contributed by atoms with E-state index in [1.807, 2.05) is 0 Å². The molecule has 0 aliphatic carbocycles. The van der Waals surface area contributed by atoms with E-state index in [4.69, 9.17) is 4.74 Å². The van der Waals surface area contributed by atoms with Crippen molar-refractivity contribution >= 4 is 5.69 Å². The minimum absolute atomic E-state index is 0.959. The van der Waals surface area contributed by atoms with E-state index in [1.165, 1.54) is 33.5 Å². The third-order valence-electron chi connectivity index (χ3n) is 3.87. The average molecular weight is 253 g/mol. The Kier molecular flexibility index (Phi) is 2.94. The van der Waals surface area contributed by atoms with Crippen molar-refractivity contribution in [2.24, 2.45) is 0 Å². The van der Waals surface area contributed by atoms with Gasteiger partial charge in [-0.1, -0.05) is 12.1 Å². The normalized spacial score (nSPS) is 13.0. The molecule has 1 N–H and O–H groups in total. The molecule has 0 spiro atoms. The lowest BCUT2D eigenvalue weighted by atomic mass is 9.96. The predicted molar refractivity (Wildman–Crippen MR) is 80.1 cm³/mol. The minimum atomic E-state index is 0.959. The lowest BCUT2D eigenvalue weighted by molar-refractivity contribution is 0.411. The number of aryl methyl sites for hydroxylation is 2. The summed E-state index contributed by atoms with van der Waals surface area (Å²) in [6.45, 7) is 5.28. The van der Waals surface area contributed by atoms with Crippen LogP contribution in [0.2, 0.25) is 0 Å². The molecule has 1 aliphatic rings. The summed E-state index contributed by atoms with van der Waals surface area (Å²) in [7, 11) is 1.72. The summed E-state index contributed by atoms with van der Waals surface area (Å²) in [6.07, 6.45) is 1.14. The van der Waals surface area contributed by atoms with E-state index in [0.717, 1.165) is 18.7 Å². The Labute approximate surface area is 114 Å². The number of anilines is 1. The van der Waals surface area contributed by atoms with Gasteiger partial charge in [-0.3, -0.25) is 0 Å². The number of hydrogen-bond donors (Lipinski definition) is 1. The first-order valence-corrected chi connectivity index (χ1v) is 6.71. The minimum Gasteiger partial charge on any atom is -0.496 e. The zero-order chi connectivity index (χ0) is 13.4. The van der Waals surface area contributed by atoms with Gasteiger partial charge in [0.25, 0.3) is 0 Å². The Hall–Kier alpha value is -1.96. The Bertz CT molecular complexity index is 631. The molecule has 0 unspecified atom stereocenters. The number of rotatable bonds is 2. The van der Waals surface area contributed by atoms with Gasteiger partial charge in [-0.25, -0.2) is 0 Å². The van der Waals surface area contributed by atoms with Crippen LogP contribution in [0.1, 0.15) is 16.7 Å². The first kappa shape index (κ1) is 12.1. The summed E-state index contributed by atoms with van der Waals surface area (Å²) in [5, 5.41) is 3.44. The molecule has 2 aromatic rings. The van der Waals surface area contributed by atoms with Gasteiger partial charge in [0, 0.05) is 12.2 Å². The van der Waals surface area contributed by atoms with Gasteiger partial charge in [0.05, 0.1) is 7.11 Å². The second kappa shape index (κ2) is 4.61. The van der Waals surface area contributed by atoms with Gasteiger partial charge in [0.1, 0.15) is 5.75 Å². The molecule has 1 aliphatic heterocycles. The van der Waals surface area contributed by atoms with Crippen LogP contribution in [-0.4, -0.2) is 13.7 Å². The van der Waals surface area contributed by atoms with Crippen molar-refractivity contribution in [3.8, 4) is 16.9 Å². The van der Waals surface area contributed by atoms with Crippen molar-refractivity contribution in [3.05, 3.63) is 47.0 Å². The molecular weight excluding hydrogens is 234 g/mol. The van der Waals surface area contributed by atoms with Crippen LogP contribution >= 0.6 is 0 Å². The molecule has 0 aromatic heterocycles. The van der Waals surface area contributed by atoms with Crippen LogP contribution in [0.15, 0.2) is 30.3 Å². The maximum atomic E-state index is 5.38. The van der Waals surface area contributed by atoms with Crippen LogP contribution in [0.4, 0.5) is 5.69 Å². The van der Waals surface area contributed by atoms with Crippen LogP contribution in [0.5, 0.6) is 5.75 Å². The molecule has 0 atom stereocenters. The molecule has 0 amide bonds. The van der Waals surface area contributed by atoms with Gasteiger partial charge in [-0.15, -0.1) is 0 Å². The van der Waals surface area contributed by atoms with Gasteiger partial charge in [-0.2, -0.15) is 0 Å². The Balaban J connectivity index is 2.09. The molecule has 2 aromatic carbocycles. The molecule has 3 rings (SSSR count). The van der Waals surface area contributed by atoms with Crippen LogP contribution < -0.4 is 10.1 Å². The Morgan fingerprint density at radius 2 is 1.89 bits per heavy atom. The molecule has 1 heterocycles. The summed E-state index contributed by atoms with van der Waals surface area (Å²) < 4.78 is 5.38. The van der Waals surface area contributed by atoms with E-state index in [2.05, 4.69) is 49.5 Å². The summed E-state index contributed by atoms with van der Waals surface area (Å²) in [5.74, 6) is 0.959. The van der Waals surface area contributed by atoms with E-state index in [0.29, 0.717) is 0 Å². The zero-order valence-corrected chi connectivity index (χ0v) is 11.7. The van der Waals surface area contributed by atoms with E-state index >= 15 is 0 Å². The average Bonchev–Trinajstić information content (AvgIpc) is 2.88. The summed E-state index contributed by atoms with van der Waals surface area (Å²) >= 11 is 0. The standard InChI is InChI=1S/C17H19NO/c1-11-9-17(19-3)12(2)8-15(11)14-5-4-13-6-7-18-16(13)10-14/h4-5,8-10,18H,6-7H2,1-3H3. The first-order valence-electron chi connectivity index (χ1n) is 6.71. The van der Waals surface area contributed by atoms with Crippen LogP contribution in [0, 0.1) is 13.8 Å². The summed E-state index contributed by atoms with van der Waals surface area (Å²) in [4.78, 5) is 0. The zero-order valence-electron chi connectivity index (χ0n) is 11.7. The highest BCUT2D eigenvalue weighted by Gasteiger charge is 2.12. The predicted octanol–water partition coefficient (Wildman–Crippen LogP) is 3.95. The molecule has 19 heavy (non-hydrogen) atoms. The molecule has 0 bridgehead atoms. The number of nitrogens with one attached hydrogen (secondary N) is 1. The van der Waals surface area contributed by atoms with Gasteiger partial charge in [-0.05, 0) is 66.3 Å². The number of methoxy groups -OCH3 is 1. The molecule has 0 saturated heterocycles. The van der Waals surface area contributed by atoms with Crippen molar-refractivity contribution in [2.75, 3.05) is 19.0 Å². The SMILES string of the molecule is COc1cc(C)c(-c2ccc3c(c2)NCC3)cc1C. The molecule has 0 radical (unpaired) electrons. The molecule has 0 fully saturated rings. The summed E-state index contributed by atoms with van der Waals surface area (Å²) in [6, 6.07) is 11.1. The van der Waals surface area contributed by atoms with E-state index < -0.39 is 0 Å². The van der Waals surface area contributed by atoms with Crippen molar-refractivity contribution in [1.29, 1.82) is 0 Å². The molecule has 2 heteroatoms. The summed E-state index contributed by atoms with van der Waals surface area (Å²) in [5.41, 5.74) is 7.69. The Morgan fingerprint density at radius 1 is 1.05 bits per heavy atom. The lowest BCUT2D eigenvalue weighted by Gasteiger charge is -2.12. The number of hydrogen-bond acceptors (Lipinski definition) is 2. The maximum absolute atomic E-state index is 5.38. The number of benzene rings is 2. The Morgan fingerprint density at radius 3 is 2.68 bits per heavy atom. The molecular formula is C17H19NO. The van der Waals surface area contributed by atoms with Crippen molar-refractivity contribution in [2.45, 2.75) is 20.3 Å². The molecule has 2 nitrogen and oxygen atoms in total. The largest absolute Gasteiger partial charge is 0.496 e. The third-order valence-corrected chi connectivity index (χ3v) is 3.87. The second-order valence-electron chi connectivity index (χ2n) is 5.19. The van der Waals surface area contributed by atoms with Crippen molar-refractivity contribution < 1.29 is 4.74 Å². The number of fused-ring (bicyclic) bond motifs is 1. The topological polar surface area (TPSA) is 21.3 Å². The maximum Gasteiger partial charge on any atom is 0.122 e. The quantitative estimate of drug-likeness (QED) is 0.875. The highest BCUT2D eigenvalue weighted by molar-refractivity contribution is 5.74. The van der Waals surface area contributed by atoms with Crippen LogP contribution in [-0.2, 0) is 6.42 Å². The molecule has 0 saturated carbocycles. The van der Waals surface area contributed by atoms with Crippen LogP contribution in [0.25, 0.3) is 11.1 Å². The smallest absolute Gasteiger partial charge is 0.122 e. The fourth-order valence-electron chi connectivity index (χ4n) is 2.78. The van der Waals surface area contributed by atoms with E-state index in [1.54, 1.807) is 7.11 Å². The van der Waals surface area contributed by atoms with Gasteiger partial charge < -0.3 is 10.1 Å². The number of ether oxygens (including phenoxy) is 1. The fourth-order valence-corrected chi connectivity index (χ4v) is 2.78. The second-order valence-corrected chi connectivity index (χ2v) is 5.19. The van der Waals surface area contributed by atoms with Gasteiger partial charge >= 0.3 is 0 Å². The highest BCUT2D eigenvalue weighted by Crippen LogP contribution is 2.33. The molecule has 98 valence electrons. The fraction of sp³-hybridized carbons (Fsp3) is 0.294. The van der Waals surface area contributed by atoms with E-state index in [-0.39, 0.29) is 0 Å². The van der Waals surface area contributed by atoms with Crippen LogP contribution in [0.3, 0.4) is 0 Å². The van der Waals surface area contributed by atoms with E-state index in [9.17, 15) is 0 Å². The third kappa shape index (κ3) is 2.07. The van der Waals surface area contributed by atoms with Crippen molar-refractivity contribution in [3.63, 3.8) is 0 Å². The lowest BCUT2D eigenvalue weighted by Crippen LogP contribution is -1.93. The van der Waals surface area contributed by atoms with Gasteiger partial charge in [0.2, 0.25) is 0 Å². The first-order chi connectivity index (χ1) is 9.19. The highest BCUT2D eigenvalue weighted by atomic mass is 16.5. The van der Waals surface area contributed by atoms with Crippen molar-refractivity contribution in [1.82, 2.24) is 0 Å². The van der Waals surface area contributed by atoms with Gasteiger partial charge in [0.15, 0.2) is 0 Å².